The Morgan fingerprint density at radius 2 is 2.11 bits per heavy atom. The molecule has 2 unspecified atom stereocenters. The van der Waals surface area contributed by atoms with Crippen molar-refractivity contribution in [3.63, 3.8) is 0 Å². The molecule has 0 saturated heterocycles. The summed E-state index contributed by atoms with van der Waals surface area (Å²) < 4.78 is 0. The van der Waals surface area contributed by atoms with Gasteiger partial charge in [-0.15, -0.1) is 0 Å². The molecule has 1 aliphatic rings. The van der Waals surface area contributed by atoms with Gasteiger partial charge in [0.2, 0.25) is 0 Å². The average Bonchev–Trinajstić information content (AvgIpc) is 2.82. The highest BCUT2D eigenvalue weighted by Crippen LogP contribution is 2.34. The third-order valence-electron chi connectivity index (χ3n) is 3.16. The minimum absolute atomic E-state index is 0.0230. The van der Waals surface area contributed by atoms with Crippen LogP contribution in [0.3, 0.4) is 0 Å². The van der Waals surface area contributed by atoms with Crippen molar-refractivity contribution >= 4 is 11.4 Å². The summed E-state index contributed by atoms with van der Waals surface area (Å²) in [7, 11) is 3.84. The quantitative estimate of drug-likeness (QED) is 0.617. The molecule has 19 heavy (non-hydrogen) atoms. The number of benzene rings is 1. The Bertz CT molecular complexity index is 503. The number of para-hydroxylation sites is 2. The van der Waals surface area contributed by atoms with Crippen LogP contribution in [0.25, 0.3) is 0 Å². The van der Waals surface area contributed by atoms with Crippen LogP contribution in [0.1, 0.15) is 13.3 Å². The lowest BCUT2D eigenvalue weighted by atomic mass is 10.1. The molecule has 7 heteroatoms. The van der Waals surface area contributed by atoms with Gasteiger partial charge >= 0.3 is 0 Å². The number of likely N-dealkylation sites (N-methyl/N-ethyl adjacent to an activating group) is 1. The summed E-state index contributed by atoms with van der Waals surface area (Å²) in [6, 6.07) is 6.62. The number of nitro groups is 1. The molecule has 0 aromatic heterocycles. The highest BCUT2D eigenvalue weighted by Gasteiger charge is 2.36. The summed E-state index contributed by atoms with van der Waals surface area (Å²) >= 11 is 0. The van der Waals surface area contributed by atoms with Crippen LogP contribution >= 0.6 is 0 Å². The summed E-state index contributed by atoms with van der Waals surface area (Å²) in [5.41, 5.74) is 0.524. The molecular formula is C12H17N5O2. The Kier molecular flexibility index (Phi) is 3.75. The van der Waals surface area contributed by atoms with Crippen molar-refractivity contribution in [2.45, 2.75) is 25.6 Å². The first kappa shape index (κ1) is 13.4. The van der Waals surface area contributed by atoms with Gasteiger partial charge in [0.05, 0.1) is 4.92 Å². The lowest BCUT2D eigenvalue weighted by molar-refractivity contribution is -0.384. The largest absolute Gasteiger partial charge is 0.294 e. The molecule has 2 atom stereocenters. The minimum Gasteiger partial charge on any atom is -0.286 e. The number of hydrogen-bond acceptors (Lipinski definition) is 6. The second-order valence-electron chi connectivity index (χ2n) is 4.65. The van der Waals surface area contributed by atoms with Crippen LogP contribution in [0.2, 0.25) is 0 Å². The lowest BCUT2D eigenvalue weighted by Crippen LogP contribution is -2.46. The highest BCUT2D eigenvalue weighted by molar-refractivity contribution is 5.63. The van der Waals surface area contributed by atoms with E-state index in [1.165, 1.54) is 6.07 Å². The molecule has 0 saturated carbocycles. The van der Waals surface area contributed by atoms with E-state index in [9.17, 15) is 10.1 Å². The highest BCUT2D eigenvalue weighted by atomic mass is 16.6. The summed E-state index contributed by atoms with van der Waals surface area (Å²) in [6.07, 6.45) is 0.745. The van der Waals surface area contributed by atoms with Crippen LogP contribution in [-0.4, -0.2) is 36.1 Å². The maximum absolute atomic E-state index is 11.1. The normalized spacial score (nSPS) is 22.2. The van der Waals surface area contributed by atoms with Crippen LogP contribution in [0.15, 0.2) is 34.6 Å². The van der Waals surface area contributed by atoms with E-state index in [1.54, 1.807) is 23.2 Å². The van der Waals surface area contributed by atoms with Crippen molar-refractivity contribution in [3.05, 3.63) is 34.4 Å². The number of rotatable bonds is 4. The van der Waals surface area contributed by atoms with E-state index in [4.69, 9.17) is 0 Å². The molecule has 7 nitrogen and oxygen atoms in total. The average molecular weight is 263 g/mol. The zero-order chi connectivity index (χ0) is 14.0. The molecule has 0 amide bonds. The summed E-state index contributed by atoms with van der Waals surface area (Å²) in [5.74, 6) is 0. The Morgan fingerprint density at radius 3 is 2.68 bits per heavy atom. The number of hydrogen-bond donors (Lipinski definition) is 0. The van der Waals surface area contributed by atoms with Crippen molar-refractivity contribution in [3.8, 4) is 0 Å². The minimum atomic E-state index is -0.392. The van der Waals surface area contributed by atoms with Crippen LogP contribution in [0.5, 0.6) is 0 Å². The molecule has 2 rings (SSSR count). The van der Waals surface area contributed by atoms with E-state index in [-0.39, 0.29) is 17.9 Å². The van der Waals surface area contributed by atoms with Gasteiger partial charge in [0.1, 0.15) is 17.9 Å². The topological polar surface area (TPSA) is 74.3 Å². The second-order valence-corrected chi connectivity index (χ2v) is 4.65. The summed E-state index contributed by atoms with van der Waals surface area (Å²) in [5, 5.41) is 21.0. The first-order valence-corrected chi connectivity index (χ1v) is 6.16. The Morgan fingerprint density at radius 1 is 1.42 bits per heavy atom. The van der Waals surface area contributed by atoms with Gasteiger partial charge in [-0.2, -0.15) is 5.11 Å². The fraction of sp³-hybridized carbons (Fsp3) is 0.500. The second kappa shape index (κ2) is 5.31. The first-order chi connectivity index (χ1) is 9.06. The number of nitro benzene ring substituents is 1. The molecule has 0 N–H and O–H groups in total. The van der Waals surface area contributed by atoms with E-state index in [1.807, 2.05) is 25.9 Å². The van der Waals surface area contributed by atoms with E-state index in [0.29, 0.717) is 5.69 Å². The molecule has 0 bridgehead atoms. The fourth-order valence-corrected chi connectivity index (χ4v) is 2.26. The van der Waals surface area contributed by atoms with Crippen molar-refractivity contribution < 1.29 is 4.92 Å². The van der Waals surface area contributed by atoms with Gasteiger partial charge in [0.25, 0.3) is 5.69 Å². The predicted octanol–water partition coefficient (Wildman–Crippen LogP) is 2.45. The van der Waals surface area contributed by atoms with E-state index in [2.05, 4.69) is 10.3 Å². The van der Waals surface area contributed by atoms with Crippen LogP contribution in [0, 0.1) is 10.1 Å². The van der Waals surface area contributed by atoms with Gasteiger partial charge in [0.15, 0.2) is 0 Å². The SMILES string of the molecule is CCC1N=NN(c2ccccc2[N+](=O)[O-])C1N(C)C. The van der Waals surface area contributed by atoms with Crippen molar-refractivity contribution in [2.75, 3.05) is 19.1 Å². The van der Waals surface area contributed by atoms with Crippen molar-refractivity contribution in [2.24, 2.45) is 10.3 Å². The standard InChI is InChI=1S/C12H17N5O2/c1-4-9-12(15(2)3)16(14-13-9)10-7-5-6-8-11(10)17(18)19/h5-9,12H,4H2,1-3H3. The van der Waals surface area contributed by atoms with E-state index < -0.39 is 4.92 Å². The van der Waals surface area contributed by atoms with Crippen molar-refractivity contribution in [1.29, 1.82) is 0 Å². The molecule has 0 aliphatic carbocycles. The zero-order valence-electron chi connectivity index (χ0n) is 11.2. The maximum atomic E-state index is 11.1. The summed E-state index contributed by atoms with van der Waals surface area (Å²) in [6.45, 7) is 2.03. The van der Waals surface area contributed by atoms with E-state index >= 15 is 0 Å². The van der Waals surface area contributed by atoms with Crippen molar-refractivity contribution in [1.82, 2.24) is 4.90 Å². The van der Waals surface area contributed by atoms with Gasteiger partial charge in [-0.1, -0.05) is 24.3 Å². The Labute approximate surface area is 111 Å². The molecular weight excluding hydrogens is 246 g/mol. The lowest BCUT2D eigenvalue weighted by Gasteiger charge is -2.30. The fourth-order valence-electron chi connectivity index (χ4n) is 2.26. The van der Waals surface area contributed by atoms with E-state index in [0.717, 1.165) is 6.42 Å². The van der Waals surface area contributed by atoms with Gasteiger partial charge < -0.3 is 0 Å². The molecule has 1 aromatic rings. The summed E-state index contributed by atoms with van der Waals surface area (Å²) in [4.78, 5) is 12.7. The van der Waals surface area contributed by atoms with Gasteiger partial charge in [-0.3, -0.25) is 15.0 Å². The molecule has 1 aromatic carbocycles. The van der Waals surface area contributed by atoms with Gasteiger partial charge in [0, 0.05) is 6.07 Å². The van der Waals surface area contributed by atoms with Gasteiger partial charge in [-0.25, -0.2) is 5.01 Å². The molecule has 0 radical (unpaired) electrons. The zero-order valence-corrected chi connectivity index (χ0v) is 11.2. The van der Waals surface area contributed by atoms with Gasteiger partial charge in [-0.05, 0) is 26.6 Å². The molecule has 0 fully saturated rings. The third kappa shape index (κ3) is 2.41. The van der Waals surface area contributed by atoms with Crippen LogP contribution in [-0.2, 0) is 0 Å². The smallest absolute Gasteiger partial charge is 0.286 e. The Balaban J connectivity index is 2.41. The molecule has 102 valence electrons. The third-order valence-corrected chi connectivity index (χ3v) is 3.16. The van der Waals surface area contributed by atoms with Crippen LogP contribution < -0.4 is 5.01 Å². The Hall–Kier alpha value is -2.02. The first-order valence-electron chi connectivity index (χ1n) is 6.16. The predicted molar refractivity (Wildman–Crippen MR) is 72.0 cm³/mol. The number of anilines is 1. The molecule has 1 heterocycles. The monoisotopic (exact) mass is 263 g/mol. The van der Waals surface area contributed by atoms with Crippen LogP contribution in [0.4, 0.5) is 11.4 Å². The molecule has 1 aliphatic heterocycles. The maximum Gasteiger partial charge on any atom is 0.294 e. The molecule has 0 spiro atoms. The number of nitrogens with zero attached hydrogens (tertiary/aromatic N) is 5.